The molecule has 2 saturated heterocycles. The van der Waals surface area contributed by atoms with Crippen molar-refractivity contribution in [1.29, 1.82) is 0 Å². The van der Waals surface area contributed by atoms with Crippen molar-refractivity contribution in [3.8, 4) is 5.75 Å². The third-order valence-corrected chi connectivity index (χ3v) is 9.33. The molecule has 46 heavy (non-hydrogen) atoms. The molecule has 2 aliphatic heterocycles. The molecule has 1 saturated carbocycles. The fourth-order valence-electron chi connectivity index (χ4n) is 6.60. The number of rotatable bonds is 14. The number of ether oxygens (including phenoxy) is 2. The summed E-state index contributed by atoms with van der Waals surface area (Å²) in [4.78, 5) is 54.2. The van der Waals surface area contributed by atoms with E-state index in [0.29, 0.717) is 49.6 Å². The van der Waals surface area contributed by atoms with Crippen molar-refractivity contribution in [2.75, 3.05) is 57.9 Å². The van der Waals surface area contributed by atoms with Crippen molar-refractivity contribution in [2.24, 2.45) is 5.41 Å². The lowest BCUT2D eigenvalue weighted by molar-refractivity contribution is -0.121. The molecule has 11 nitrogen and oxygen atoms in total. The number of amides is 3. The van der Waals surface area contributed by atoms with Crippen LogP contribution < -0.4 is 20.3 Å². The molecule has 0 atom stereocenters. The van der Waals surface area contributed by atoms with Gasteiger partial charge in [-0.1, -0.05) is 0 Å². The lowest BCUT2D eigenvalue weighted by atomic mass is 9.77. The van der Waals surface area contributed by atoms with Crippen LogP contribution >= 0.6 is 0 Å². The Bertz CT molecular complexity index is 1410. The number of aliphatic hydroxyl groups excluding tert-OH is 1. The van der Waals surface area contributed by atoms with Crippen molar-refractivity contribution in [1.82, 2.24) is 15.5 Å². The first-order valence-electron chi connectivity index (χ1n) is 16.4. The second kappa shape index (κ2) is 15.1. The molecule has 1 spiro atoms. The van der Waals surface area contributed by atoms with Crippen LogP contribution in [0.3, 0.4) is 0 Å². The number of anilines is 1. The van der Waals surface area contributed by atoms with Gasteiger partial charge in [0.15, 0.2) is 0 Å². The van der Waals surface area contributed by atoms with Crippen molar-refractivity contribution in [3.05, 3.63) is 58.7 Å². The number of methoxy groups -OCH3 is 1. The lowest BCUT2D eigenvalue weighted by Crippen LogP contribution is -2.41. The predicted octanol–water partition coefficient (Wildman–Crippen LogP) is 3.39. The number of hydrogen-bond donors (Lipinski definition) is 3. The van der Waals surface area contributed by atoms with Gasteiger partial charge in [-0.05, 0) is 105 Å². The van der Waals surface area contributed by atoms with Gasteiger partial charge in [0.2, 0.25) is 11.8 Å². The van der Waals surface area contributed by atoms with Crippen LogP contribution in [0.4, 0.5) is 5.69 Å². The third kappa shape index (κ3) is 8.06. The number of piperidine rings is 1. The summed E-state index contributed by atoms with van der Waals surface area (Å²) in [6, 6.07) is 11.1. The van der Waals surface area contributed by atoms with Gasteiger partial charge in [0.25, 0.3) is 5.91 Å². The second-order valence-corrected chi connectivity index (χ2v) is 12.7. The molecule has 0 unspecified atom stereocenters. The third-order valence-electron chi connectivity index (χ3n) is 9.33. The van der Waals surface area contributed by atoms with Gasteiger partial charge in [0, 0.05) is 55.8 Å². The summed E-state index contributed by atoms with van der Waals surface area (Å²) in [5.74, 6) is 0.531. The quantitative estimate of drug-likeness (QED) is 0.213. The summed E-state index contributed by atoms with van der Waals surface area (Å²) >= 11 is 0. The van der Waals surface area contributed by atoms with Crippen LogP contribution in [0.5, 0.6) is 5.75 Å². The summed E-state index contributed by atoms with van der Waals surface area (Å²) in [6.07, 6.45) is 5.27. The maximum absolute atomic E-state index is 13.2. The number of nitrogens with zero attached hydrogens (tertiary/aromatic N) is 2. The summed E-state index contributed by atoms with van der Waals surface area (Å²) in [5.41, 5.74) is 3.96. The molecule has 0 aromatic heterocycles. The summed E-state index contributed by atoms with van der Waals surface area (Å²) in [6.45, 7) is 6.07. The van der Waals surface area contributed by atoms with E-state index in [1.54, 1.807) is 12.1 Å². The Morgan fingerprint density at radius 1 is 1.04 bits per heavy atom. The van der Waals surface area contributed by atoms with Gasteiger partial charge in [-0.15, -0.1) is 0 Å². The van der Waals surface area contributed by atoms with E-state index in [0.717, 1.165) is 67.9 Å². The largest absolute Gasteiger partial charge is 0.494 e. The van der Waals surface area contributed by atoms with Gasteiger partial charge in [-0.3, -0.25) is 19.3 Å². The Balaban J connectivity index is 1.15. The number of carbonyl (C=O) groups is 4. The predicted molar refractivity (Wildman–Crippen MR) is 173 cm³/mol. The zero-order valence-electron chi connectivity index (χ0n) is 26.9. The van der Waals surface area contributed by atoms with E-state index in [1.807, 2.05) is 30.0 Å². The molecule has 3 amide bonds. The van der Waals surface area contributed by atoms with Crippen LogP contribution in [0.15, 0.2) is 36.4 Å². The SMILES string of the molecule is CCOc1cc(C(=O)OC)c(C2CC2)cc1CN1CCC2(CC1)CC(=O)N(c1ccc(C(=O)NCCCC(=O)NCCO)cc1)C2. The fourth-order valence-corrected chi connectivity index (χ4v) is 6.60. The van der Waals surface area contributed by atoms with Gasteiger partial charge >= 0.3 is 5.97 Å². The Hall–Kier alpha value is -3.96. The van der Waals surface area contributed by atoms with E-state index in [-0.39, 0.29) is 48.7 Å². The van der Waals surface area contributed by atoms with Crippen LogP contribution in [0, 0.1) is 5.41 Å². The van der Waals surface area contributed by atoms with Crippen LogP contribution in [0.2, 0.25) is 0 Å². The van der Waals surface area contributed by atoms with Crippen LogP contribution in [-0.2, 0) is 20.9 Å². The highest BCUT2D eigenvalue weighted by Gasteiger charge is 2.45. The molecule has 2 heterocycles. The molecule has 2 aromatic rings. The molecule has 3 N–H and O–H groups in total. The molecule has 5 rings (SSSR count). The summed E-state index contributed by atoms with van der Waals surface area (Å²) in [7, 11) is 1.41. The minimum Gasteiger partial charge on any atom is -0.494 e. The second-order valence-electron chi connectivity index (χ2n) is 12.7. The zero-order valence-corrected chi connectivity index (χ0v) is 26.9. The molecule has 0 radical (unpaired) electrons. The Morgan fingerprint density at radius 3 is 2.43 bits per heavy atom. The first-order chi connectivity index (χ1) is 22.3. The van der Waals surface area contributed by atoms with Gasteiger partial charge in [-0.25, -0.2) is 4.79 Å². The van der Waals surface area contributed by atoms with Gasteiger partial charge in [0.05, 0.1) is 25.9 Å². The van der Waals surface area contributed by atoms with E-state index >= 15 is 0 Å². The number of esters is 1. The standard InChI is InChI=1S/C35H46N4O7/c1-3-46-30-20-29(34(44)45-2)28(24-6-7-24)19-26(30)22-38-16-12-35(13-17-38)21-32(42)39(23-35)27-10-8-25(9-11-27)33(43)37-14-4-5-31(41)36-15-18-40/h8-11,19-20,24,40H,3-7,12-18,21-23H2,1-2H3,(H,36,41)(H,37,43). The number of nitrogens with one attached hydrogen (secondary N) is 2. The van der Waals surface area contributed by atoms with Crippen molar-refractivity contribution in [3.63, 3.8) is 0 Å². The zero-order chi connectivity index (χ0) is 32.7. The van der Waals surface area contributed by atoms with E-state index in [4.69, 9.17) is 14.6 Å². The Morgan fingerprint density at radius 2 is 1.78 bits per heavy atom. The van der Waals surface area contributed by atoms with Crippen molar-refractivity contribution < 1.29 is 33.8 Å². The molecule has 2 aromatic carbocycles. The molecule has 3 aliphatic rings. The molecule has 1 aliphatic carbocycles. The monoisotopic (exact) mass is 634 g/mol. The highest BCUT2D eigenvalue weighted by atomic mass is 16.5. The maximum Gasteiger partial charge on any atom is 0.338 e. The molecular weight excluding hydrogens is 588 g/mol. The van der Waals surface area contributed by atoms with Gasteiger partial charge < -0.3 is 30.1 Å². The van der Waals surface area contributed by atoms with E-state index < -0.39 is 0 Å². The molecule has 248 valence electrons. The smallest absolute Gasteiger partial charge is 0.338 e. The summed E-state index contributed by atoms with van der Waals surface area (Å²) < 4.78 is 11.0. The highest BCUT2D eigenvalue weighted by Crippen LogP contribution is 2.45. The Kier molecular flexibility index (Phi) is 11.0. The molecule has 11 heteroatoms. The number of benzene rings is 2. The van der Waals surface area contributed by atoms with E-state index in [1.165, 1.54) is 7.11 Å². The topological polar surface area (TPSA) is 138 Å². The molecule has 0 bridgehead atoms. The lowest BCUT2D eigenvalue weighted by Gasteiger charge is -2.39. The first-order valence-corrected chi connectivity index (χ1v) is 16.4. The molecule has 3 fully saturated rings. The number of aliphatic hydroxyl groups is 1. The minimum absolute atomic E-state index is 0.0796. The van der Waals surface area contributed by atoms with Crippen molar-refractivity contribution in [2.45, 2.75) is 64.3 Å². The van der Waals surface area contributed by atoms with E-state index in [9.17, 15) is 19.2 Å². The average molecular weight is 635 g/mol. The highest BCUT2D eigenvalue weighted by molar-refractivity contribution is 5.98. The Labute approximate surface area is 270 Å². The van der Waals surface area contributed by atoms with Crippen molar-refractivity contribution >= 4 is 29.4 Å². The van der Waals surface area contributed by atoms with Crippen LogP contribution in [0.1, 0.15) is 89.6 Å². The maximum atomic E-state index is 13.2. The number of hydrogen-bond acceptors (Lipinski definition) is 8. The van der Waals surface area contributed by atoms with Crippen LogP contribution in [0.25, 0.3) is 0 Å². The normalized spacial score (nSPS) is 17.6. The minimum atomic E-state index is -0.323. The van der Waals surface area contributed by atoms with E-state index in [2.05, 4.69) is 21.6 Å². The van der Waals surface area contributed by atoms with Gasteiger partial charge in [-0.2, -0.15) is 0 Å². The number of likely N-dealkylation sites (tertiary alicyclic amines) is 1. The first kappa shape index (κ1) is 33.4. The van der Waals surface area contributed by atoms with Crippen LogP contribution in [-0.4, -0.2) is 86.7 Å². The van der Waals surface area contributed by atoms with Gasteiger partial charge in [0.1, 0.15) is 5.75 Å². The fraction of sp³-hybridized carbons (Fsp3) is 0.543. The average Bonchev–Trinajstić information content (AvgIpc) is 3.86. The summed E-state index contributed by atoms with van der Waals surface area (Å²) in [5, 5.41) is 14.2. The molecular formula is C35H46N4O7. The number of carbonyl (C=O) groups excluding carboxylic acids is 4.